The van der Waals surface area contributed by atoms with Crippen LogP contribution < -0.4 is 15.5 Å². The van der Waals surface area contributed by atoms with E-state index in [4.69, 9.17) is 0 Å². The fourth-order valence-electron chi connectivity index (χ4n) is 5.63. The minimum atomic E-state index is -3.02. The molecule has 2 N–H and O–H groups in total. The molecule has 2 aliphatic heterocycles. The largest absolute Gasteiger partial charge is 0.363 e. The van der Waals surface area contributed by atoms with Crippen molar-refractivity contribution in [2.24, 2.45) is 11.8 Å². The van der Waals surface area contributed by atoms with E-state index >= 15 is 0 Å². The van der Waals surface area contributed by atoms with Gasteiger partial charge in [-0.2, -0.15) is 0 Å². The van der Waals surface area contributed by atoms with Crippen LogP contribution in [-0.2, 0) is 14.6 Å². The van der Waals surface area contributed by atoms with Gasteiger partial charge in [0, 0.05) is 36.2 Å². The number of aromatic nitrogens is 1. The maximum atomic E-state index is 13.5. The lowest BCUT2D eigenvalue weighted by Gasteiger charge is -2.46. The first kappa shape index (κ1) is 24.7. The van der Waals surface area contributed by atoms with Crippen LogP contribution in [0.4, 0.5) is 15.9 Å². The van der Waals surface area contributed by atoms with Crippen LogP contribution in [0.15, 0.2) is 36.5 Å². The Bertz CT molecular complexity index is 1270. The van der Waals surface area contributed by atoms with Gasteiger partial charge in [-0.25, -0.2) is 17.8 Å². The number of benzene rings is 1. The summed E-state index contributed by atoms with van der Waals surface area (Å²) in [7, 11) is -3.02. The summed E-state index contributed by atoms with van der Waals surface area (Å²) in [6, 6.07) is 7.85. The van der Waals surface area contributed by atoms with Crippen LogP contribution in [0.2, 0.25) is 0 Å². The number of carbonyl (C=O) groups is 2. The number of nitrogens with one attached hydrogen (secondary N) is 2. The van der Waals surface area contributed by atoms with Crippen LogP contribution in [0.5, 0.6) is 0 Å². The number of hydrogen-bond donors (Lipinski definition) is 2. The average Bonchev–Trinajstić information content (AvgIpc) is 3.67. The van der Waals surface area contributed by atoms with E-state index in [1.54, 1.807) is 25.1 Å². The molecule has 0 bridgehead atoms. The number of rotatable bonds is 5. The third-order valence-corrected chi connectivity index (χ3v) is 9.33. The first-order chi connectivity index (χ1) is 17.1. The van der Waals surface area contributed by atoms with E-state index in [9.17, 15) is 22.4 Å². The van der Waals surface area contributed by atoms with Gasteiger partial charge in [-0.05, 0) is 67.5 Å². The predicted molar refractivity (Wildman–Crippen MR) is 135 cm³/mol. The summed E-state index contributed by atoms with van der Waals surface area (Å²) in [5.74, 6) is 0.356. The molecule has 3 heterocycles. The zero-order valence-electron chi connectivity index (χ0n) is 20.4. The standard InChI is InChI=1S/C26H31FN4O4S/c1-15-24(30-23-8-6-19(27)14-28-23)21-13-18(26(33)29-20-9-11-36(34,35)12-10-20)5-7-22(21)31(16(2)32)25(15)17-3-4-17/h5-8,13-15,17,20,24-25H,3-4,9-12H2,1-2H3,(H,28,30)(H,29,33)/t15-,24-,25-/m1/s1. The van der Waals surface area contributed by atoms with E-state index in [0.717, 1.165) is 30.3 Å². The van der Waals surface area contributed by atoms with Crippen molar-refractivity contribution in [2.75, 3.05) is 21.7 Å². The van der Waals surface area contributed by atoms with E-state index in [1.165, 1.54) is 6.07 Å². The summed E-state index contributed by atoms with van der Waals surface area (Å²) < 4.78 is 36.9. The molecule has 0 radical (unpaired) electrons. The molecule has 1 aromatic carbocycles. The van der Waals surface area contributed by atoms with Gasteiger partial charge in [-0.3, -0.25) is 9.59 Å². The molecule has 2 aromatic rings. The van der Waals surface area contributed by atoms with Crippen molar-refractivity contribution in [2.45, 2.75) is 57.7 Å². The highest BCUT2D eigenvalue weighted by Crippen LogP contribution is 2.50. The van der Waals surface area contributed by atoms with Gasteiger partial charge in [-0.15, -0.1) is 0 Å². The molecule has 0 unspecified atom stereocenters. The van der Waals surface area contributed by atoms with Crippen LogP contribution in [0.3, 0.4) is 0 Å². The zero-order chi connectivity index (χ0) is 25.6. The predicted octanol–water partition coefficient (Wildman–Crippen LogP) is 3.46. The molecule has 8 nitrogen and oxygen atoms in total. The number of hydrogen-bond acceptors (Lipinski definition) is 6. The van der Waals surface area contributed by atoms with Gasteiger partial charge < -0.3 is 15.5 Å². The van der Waals surface area contributed by atoms with Crippen LogP contribution in [0, 0.1) is 17.7 Å². The molecule has 3 atom stereocenters. The number of anilines is 2. The summed E-state index contributed by atoms with van der Waals surface area (Å²) in [5.41, 5.74) is 2.01. The summed E-state index contributed by atoms with van der Waals surface area (Å²) >= 11 is 0. The van der Waals surface area contributed by atoms with Crippen molar-refractivity contribution < 1.29 is 22.4 Å². The molecule has 2 amide bonds. The lowest BCUT2D eigenvalue weighted by Crippen LogP contribution is -2.51. The molecule has 0 spiro atoms. The maximum Gasteiger partial charge on any atom is 0.251 e. The van der Waals surface area contributed by atoms with Crippen LogP contribution in [-0.4, -0.2) is 48.8 Å². The minimum Gasteiger partial charge on any atom is -0.363 e. The van der Waals surface area contributed by atoms with Gasteiger partial charge in [0.2, 0.25) is 5.91 Å². The number of amides is 2. The number of carbonyl (C=O) groups excluding carboxylic acids is 2. The lowest BCUT2D eigenvalue weighted by atomic mass is 9.79. The summed E-state index contributed by atoms with van der Waals surface area (Å²) in [6.45, 7) is 3.66. The van der Waals surface area contributed by atoms with Crippen molar-refractivity contribution in [3.8, 4) is 0 Å². The summed E-state index contributed by atoms with van der Waals surface area (Å²) in [5, 5.41) is 6.40. The van der Waals surface area contributed by atoms with Gasteiger partial charge in [0.15, 0.2) is 0 Å². The van der Waals surface area contributed by atoms with E-state index in [-0.39, 0.29) is 47.4 Å². The molecule has 192 valence electrons. The van der Waals surface area contributed by atoms with Gasteiger partial charge in [0.25, 0.3) is 5.91 Å². The molecule has 1 aliphatic carbocycles. The molecular weight excluding hydrogens is 483 g/mol. The first-order valence-corrected chi connectivity index (χ1v) is 14.3. The highest BCUT2D eigenvalue weighted by molar-refractivity contribution is 7.91. The second kappa shape index (κ2) is 9.46. The summed E-state index contributed by atoms with van der Waals surface area (Å²) in [6.07, 6.45) is 4.08. The average molecular weight is 515 g/mol. The molecule has 10 heteroatoms. The molecule has 2 fully saturated rings. The third kappa shape index (κ3) is 4.96. The Morgan fingerprint density at radius 2 is 1.81 bits per heavy atom. The van der Waals surface area contributed by atoms with E-state index in [1.807, 2.05) is 11.0 Å². The molecule has 5 rings (SSSR count). The molecule has 1 saturated heterocycles. The molecule has 3 aliphatic rings. The molecule has 36 heavy (non-hydrogen) atoms. The Morgan fingerprint density at radius 3 is 2.42 bits per heavy atom. The van der Waals surface area contributed by atoms with Crippen molar-refractivity contribution in [1.29, 1.82) is 0 Å². The molecular formula is C26H31FN4O4S. The number of nitrogens with zero attached hydrogens (tertiary/aromatic N) is 2. The highest BCUT2D eigenvalue weighted by Gasteiger charge is 2.47. The second-order valence-electron chi connectivity index (χ2n) is 10.2. The SMILES string of the molecule is CC(=O)N1c2ccc(C(=O)NC3CCS(=O)(=O)CC3)cc2[C@H](Nc2ccc(F)cn2)[C@@H](C)[C@@H]1C1CC1. The second-order valence-corrected chi connectivity index (χ2v) is 12.5. The Morgan fingerprint density at radius 1 is 1.08 bits per heavy atom. The number of fused-ring (bicyclic) bond motifs is 1. The maximum absolute atomic E-state index is 13.5. The third-order valence-electron chi connectivity index (χ3n) is 7.61. The smallest absolute Gasteiger partial charge is 0.251 e. The van der Waals surface area contributed by atoms with E-state index < -0.39 is 15.7 Å². The summed E-state index contributed by atoms with van der Waals surface area (Å²) in [4.78, 5) is 32.0. The van der Waals surface area contributed by atoms with Crippen molar-refractivity contribution in [3.05, 3.63) is 53.5 Å². The fourth-order valence-corrected chi connectivity index (χ4v) is 7.12. The highest BCUT2D eigenvalue weighted by atomic mass is 32.2. The van der Waals surface area contributed by atoms with Crippen molar-refractivity contribution in [3.63, 3.8) is 0 Å². The van der Waals surface area contributed by atoms with Gasteiger partial charge in [0.05, 0.1) is 23.7 Å². The molecule has 1 aromatic heterocycles. The Balaban J connectivity index is 1.48. The number of sulfone groups is 1. The van der Waals surface area contributed by atoms with E-state index in [0.29, 0.717) is 30.1 Å². The van der Waals surface area contributed by atoms with Gasteiger partial charge in [-0.1, -0.05) is 6.92 Å². The zero-order valence-corrected chi connectivity index (χ0v) is 21.2. The topological polar surface area (TPSA) is 108 Å². The minimum absolute atomic E-state index is 0.0109. The van der Waals surface area contributed by atoms with Gasteiger partial charge in [0.1, 0.15) is 21.5 Å². The first-order valence-electron chi connectivity index (χ1n) is 12.5. The van der Waals surface area contributed by atoms with Crippen molar-refractivity contribution >= 4 is 33.2 Å². The fraction of sp³-hybridized carbons (Fsp3) is 0.500. The number of pyridine rings is 1. The molecule has 1 saturated carbocycles. The van der Waals surface area contributed by atoms with E-state index in [2.05, 4.69) is 22.5 Å². The van der Waals surface area contributed by atoms with Crippen LogP contribution >= 0.6 is 0 Å². The monoisotopic (exact) mass is 514 g/mol. The Kier molecular flexibility index (Phi) is 6.48. The Labute approximate surface area is 210 Å². The van der Waals surface area contributed by atoms with Crippen LogP contribution in [0.1, 0.15) is 61.5 Å². The van der Waals surface area contributed by atoms with Gasteiger partial charge >= 0.3 is 0 Å². The number of halogens is 1. The quantitative estimate of drug-likeness (QED) is 0.633. The van der Waals surface area contributed by atoms with Crippen LogP contribution in [0.25, 0.3) is 0 Å². The normalized spacial score (nSPS) is 25.6. The lowest BCUT2D eigenvalue weighted by molar-refractivity contribution is -0.117. The Hall–Kier alpha value is -3.01. The van der Waals surface area contributed by atoms with Crippen molar-refractivity contribution in [1.82, 2.24) is 10.3 Å².